The molecule has 0 saturated carbocycles. The zero-order valence-corrected chi connectivity index (χ0v) is 11.9. The van der Waals surface area contributed by atoms with Crippen LogP contribution in [-0.4, -0.2) is 22.6 Å². The molecule has 0 fully saturated rings. The second kappa shape index (κ2) is 5.86. The SMILES string of the molecule is BC(CC)(CC)c1c([N+](=O)[O-])cc([N+](=O)[O-])cc1[N+](=O)[O-]. The molecule has 0 N–H and O–H groups in total. The Bertz CT molecular complexity index is 579. The van der Waals surface area contributed by atoms with Crippen LogP contribution in [0.1, 0.15) is 32.3 Å². The molecule has 21 heavy (non-hydrogen) atoms. The van der Waals surface area contributed by atoms with E-state index in [4.69, 9.17) is 0 Å². The molecule has 9 nitrogen and oxygen atoms in total. The normalized spacial score (nSPS) is 11.1. The van der Waals surface area contributed by atoms with Crippen molar-refractivity contribution in [3.63, 3.8) is 0 Å². The molecule has 112 valence electrons. The van der Waals surface area contributed by atoms with Crippen LogP contribution in [0.2, 0.25) is 0 Å². The maximum Gasteiger partial charge on any atom is 0.286 e. The highest BCUT2D eigenvalue weighted by atomic mass is 16.6. The van der Waals surface area contributed by atoms with Crippen molar-refractivity contribution < 1.29 is 14.8 Å². The molecule has 10 heteroatoms. The Balaban J connectivity index is 3.86. The first-order chi connectivity index (χ1) is 9.67. The maximum atomic E-state index is 11.2. The lowest BCUT2D eigenvalue weighted by atomic mass is 9.60. The molecule has 0 heterocycles. The largest absolute Gasteiger partial charge is 0.286 e. The fourth-order valence-corrected chi connectivity index (χ4v) is 2.21. The van der Waals surface area contributed by atoms with E-state index in [9.17, 15) is 30.3 Å². The minimum Gasteiger partial charge on any atom is -0.258 e. The van der Waals surface area contributed by atoms with Gasteiger partial charge in [0.25, 0.3) is 17.1 Å². The molecule has 0 aliphatic rings. The highest BCUT2D eigenvalue weighted by Crippen LogP contribution is 2.43. The molecule has 0 amide bonds. The lowest BCUT2D eigenvalue weighted by molar-refractivity contribution is -0.404. The van der Waals surface area contributed by atoms with Gasteiger partial charge in [0, 0.05) is 0 Å². The van der Waals surface area contributed by atoms with Gasteiger partial charge in [-0.3, -0.25) is 30.3 Å². The van der Waals surface area contributed by atoms with Crippen LogP contribution in [0.25, 0.3) is 0 Å². The Hall–Kier alpha value is -2.52. The fourth-order valence-electron chi connectivity index (χ4n) is 2.21. The van der Waals surface area contributed by atoms with Crippen LogP contribution in [0.5, 0.6) is 0 Å². The molecule has 1 aromatic carbocycles. The molecule has 1 rings (SSSR count). The van der Waals surface area contributed by atoms with E-state index in [2.05, 4.69) is 0 Å². The molecule has 0 radical (unpaired) electrons. The van der Waals surface area contributed by atoms with E-state index in [1.165, 1.54) is 0 Å². The van der Waals surface area contributed by atoms with Crippen LogP contribution >= 0.6 is 0 Å². The summed E-state index contributed by atoms with van der Waals surface area (Å²) in [4.78, 5) is 30.7. The Morgan fingerprint density at radius 2 is 1.33 bits per heavy atom. The van der Waals surface area contributed by atoms with Crippen molar-refractivity contribution >= 4 is 24.9 Å². The van der Waals surface area contributed by atoms with Gasteiger partial charge in [0.2, 0.25) is 0 Å². The highest BCUT2D eigenvalue weighted by molar-refractivity contribution is 6.17. The van der Waals surface area contributed by atoms with Crippen LogP contribution in [-0.2, 0) is 5.31 Å². The number of hydrogen-bond acceptors (Lipinski definition) is 6. The molecule has 0 aromatic heterocycles. The minimum absolute atomic E-state index is 0.0619. The number of nitrogens with zero attached hydrogens (tertiary/aromatic N) is 3. The molecule has 0 unspecified atom stereocenters. The highest BCUT2D eigenvalue weighted by Gasteiger charge is 2.40. The summed E-state index contributed by atoms with van der Waals surface area (Å²) >= 11 is 0. The van der Waals surface area contributed by atoms with Gasteiger partial charge in [-0.05, 0) is 5.31 Å². The summed E-state index contributed by atoms with van der Waals surface area (Å²) in [6.45, 7) is 3.52. The van der Waals surface area contributed by atoms with Gasteiger partial charge in [-0.1, -0.05) is 26.7 Å². The predicted molar refractivity (Wildman–Crippen MR) is 77.2 cm³/mol. The van der Waals surface area contributed by atoms with Crippen molar-refractivity contribution in [1.82, 2.24) is 0 Å². The number of nitro groups is 3. The van der Waals surface area contributed by atoms with Crippen molar-refractivity contribution in [2.24, 2.45) is 0 Å². The van der Waals surface area contributed by atoms with Gasteiger partial charge in [0.05, 0.1) is 26.9 Å². The monoisotopic (exact) mass is 295 g/mol. The second-order valence-electron chi connectivity index (χ2n) is 4.90. The summed E-state index contributed by atoms with van der Waals surface area (Å²) in [5.41, 5.74) is -1.89. The van der Waals surface area contributed by atoms with Crippen molar-refractivity contribution in [3.8, 4) is 0 Å². The Kier molecular flexibility index (Phi) is 4.61. The molecule has 1 aromatic rings. The van der Waals surface area contributed by atoms with Crippen molar-refractivity contribution in [2.45, 2.75) is 32.0 Å². The number of hydrogen-bond donors (Lipinski definition) is 0. The first-order valence-electron chi connectivity index (χ1n) is 6.29. The standard InChI is InChI=1S/C11H14BN3O6/c1-3-11(12,4-2)10-8(14(18)19)5-7(13(16)17)6-9(10)15(20)21/h5-6H,3-4,12H2,1-2H3. The summed E-state index contributed by atoms with van der Waals surface area (Å²) in [7, 11) is 1.67. The van der Waals surface area contributed by atoms with Crippen LogP contribution in [0.4, 0.5) is 17.1 Å². The van der Waals surface area contributed by atoms with E-state index in [0.29, 0.717) is 12.8 Å². The number of benzene rings is 1. The van der Waals surface area contributed by atoms with Crippen LogP contribution in [0.15, 0.2) is 12.1 Å². The van der Waals surface area contributed by atoms with Gasteiger partial charge in [-0.25, -0.2) is 0 Å². The van der Waals surface area contributed by atoms with E-state index in [1.54, 1.807) is 21.7 Å². The first kappa shape index (κ1) is 16.5. The van der Waals surface area contributed by atoms with Gasteiger partial charge < -0.3 is 0 Å². The van der Waals surface area contributed by atoms with Crippen molar-refractivity contribution in [1.29, 1.82) is 0 Å². The third kappa shape index (κ3) is 2.98. The minimum atomic E-state index is -0.876. The van der Waals surface area contributed by atoms with Gasteiger partial charge in [0.1, 0.15) is 13.4 Å². The summed E-state index contributed by atoms with van der Waals surface area (Å²) in [5.74, 6) is 0. The van der Waals surface area contributed by atoms with E-state index >= 15 is 0 Å². The van der Waals surface area contributed by atoms with Gasteiger partial charge in [0.15, 0.2) is 0 Å². The van der Waals surface area contributed by atoms with Crippen LogP contribution in [0, 0.1) is 30.3 Å². The van der Waals surface area contributed by atoms with Gasteiger partial charge >= 0.3 is 0 Å². The zero-order valence-electron chi connectivity index (χ0n) is 11.9. The number of rotatable bonds is 6. The second-order valence-corrected chi connectivity index (χ2v) is 4.90. The molecule has 0 atom stereocenters. The average Bonchev–Trinajstić information content (AvgIpc) is 2.44. The van der Waals surface area contributed by atoms with E-state index < -0.39 is 37.1 Å². The third-order valence-electron chi connectivity index (χ3n) is 3.85. The molecule has 0 aliphatic carbocycles. The maximum absolute atomic E-state index is 11.2. The molecule has 0 saturated heterocycles. The van der Waals surface area contributed by atoms with Crippen LogP contribution in [0.3, 0.4) is 0 Å². The summed E-state index contributed by atoms with van der Waals surface area (Å²) in [6, 6.07) is 1.57. The van der Waals surface area contributed by atoms with E-state index in [1.807, 2.05) is 0 Å². The zero-order chi connectivity index (χ0) is 16.4. The van der Waals surface area contributed by atoms with E-state index in [0.717, 1.165) is 12.1 Å². The number of nitro benzene ring substituents is 3. The topological polar surface area (TPSA) is 129 Å². The average molecular weight is 295 g/mol. The third-order valence-corrected chi connectivity index (χ3v) is 3.85. The quantitative estimate of drug-likeness (QED) is 0.448. The van der Waals surface area contributed by atoms with Crippen molar-refractivity contribution in [2.75, 3.05) is 0 Å². The smallest absolute Gasteiger partial charge is 0.258 e. The van der Waals surface area contributed by atoms with Crippen LogP contribution < -0.4 is 0 Å². The first-order valence-corrected chi connectivity index (χ1v) is 6.29. The van der Waals surface area contributed by atoms with Gasteiger partial charge in [-0.15, -0.1) is 0 Å². The Morgan fingerprint density at radius 3 is 1.57 bits per heavy atom. The molecule has 0 aliphatic heterocycles. The molecule has 0 spiro atoms. The molecular weight excluding hydrogens is 281 g/mol. The van der Waals surface area contributed by atoms with Crippen molar-refractivity contribution in [3.05, 3.63) is 48.0 Å². The Morgan fingerprint density at radius 1 is 0.952 bits per heavy atom. The Labute approximate surface area is 120 Å². The summed E-state index contributed by atoms with van der Waals surface area (Å²) < 4.78 is 0. The lowest BCUT2D eigenvalue weighted by Gasteiger charge is -2.26. The number of non-ortho nitro benzene ring substituents is 1. The summed E-state index contributed by atoms with van der Waals surface area (Å²) in [6.07, 6.45) is 0.867. The van der Waals surface area contributed by atoms with E-state index in [-0.39, 0.29) is 5.56 Å². The predicted octanol–water partition coefficient (Wildman–Crippen LogP) is 2.06. The molecular formula is C11H14BN3O6. The summed E-state index contributed by atoms with van der Waals surface area (Å²) in [5, 5.41) is 32.4. The molecule has 0 bridgehead atoms. The fraction of sp³-hybridized carbons (Fsp3) is 0.455. The van der Waals surface area contributed by atoms with Gasteiger partial charge in [-0.2, -0.15) is 0 Å². The lowest BCUT2D eigenvalue weighted by Crippen LogP contribution is -2.27.